The third-order valence-corrected chi connectivity index (χ3v) is 3.65. The minimum atomic E-state index is -0.376. The number of hydrogen-bond acceptors (Lipinski definition) is 2. The molecule has 0 unspecified atom stereocenters. The molecule has 0 bridgehead atoms. The van der Waals surface area contributed by atoms with Gasteiger partial charge < -0.3 is 10.2 Å². The Morgan fingerprint density at radius 3 is 2.41 bits per heavy atom. The van der Waals surface area contributed by atoms with Gasteiger partial charge in [-0.1, -0.05) is 12.1 Å². The molecular formula is C16H14BrFN2O2. The van der Waals surface area contributed by atoms with Gasteiger partial charge in [0, 0.05) is 17.2 Å². The van der Waals surface area contributed by atoms with Gasteiger partial charge in [0.05, 0.1) is 12.1 Å². The fraction of sp³-hybridized carbons (Fsp3) is 0.125. The van der Waals surface area contributed by atoms with E-state index in [4.69, 9.17) is 0 Å². The van der Waals surface area contributed by atoms with Crippen LogP contribution in [0.3, 0.4) is 0 Å². The van der Waals surface area contributed by atoms with Gasteiger partial charge in [0.15, 0.2) is 0 Å². The maximum Gasteiger partial charge on any atom is 0.255 e. The summed E-state index contributed by atoms with van der Waals surface area (Å²) in [6.45, 7) is -0.0997. The van der Waals surface area contributed by atoms with Gasteiger partial charge >= 0.3 is 0 Å². The number of anilines is 1. The molecule has 0 spiro atoms. The first kappa shape index (κ1) is 16.2. The van der Waals surface area contributed by atoms with E-state index in [2.05, 4.69) is 21.2 Å². The second kappa shape index (κ2) is 7.17. The molecule has 2 aromatic rings. The van der Waals surface area contributed by atoms with Gasteiger partial charge in [-0.3, -0.25) is 9.59 Å². The third kappa shape index (κ3) is 4.14. The predicted molar refractivity (Wildman–Crippen MR) is 86.1 cm³/mol. The van der Waals surface area contributed by atoms with E-state index in [-0.39, 0.29) is 24.2 Å². The molecule has 2 aromatic carbocycles. The van der Waals surface area contributed by atoms with Crippen molar-refractivity contribution >= 4 is 33.4 Å². The molecule has 114 valence electrons. The molecular weight excluding hydrogens is 351 g/mol. The van der Waals surface area contributed by atoms with E-state index in [0.717, 1.165) is 0 Å². The normalized spacial score (nSPS) is 10.1. The number of halogens is 2. The molecule has 0 saturated heterocycles. The molecule has 0 heterocycles. The van der Waals surface area contributed by atoms with Crippen molar-refractivity contribution in [2.24, 2.45) is 0 Å². The molecule has 0 atom stereocenters. The number of likely N-dealkylation sites (N-methyl/N-ethyl adjacent to an activating group) is 1. The maximum absolute atomic E-state index is 12.8. The molecule has 0 aliphatic rings. The van der Waals surface area contributed by atoms with Gasteiger partial charge in [-0.25, -0.2) is 4.39 Å². The second-order valence-corrected chi connectivity index (χ2v) is 5.55. The summed E-state index contributed by atoms with van der Waals surface area (Å²) in [5.74, 6) is -0.990. The van der Waals surface area contributed by atoms with Crippen LogP contribution in [-0.2, 0) is 4.79 Å². The Hall–Kier alpha value is -2.21. The summed E-state index contributed by atoms with van der Waals surface area (Å²) in [6.07, 6.45) is 0. The molecule has 0 saturated carbocycles. The Kier molecular flexibility index (Phi) is 5.27. The van der Waals surface area contributed by atoms with Gasteiger partial charge in [-0.05, 0) is 52.3 Å². The van der Waals surface area contributed by atoms with Crippen molar-refractivity contribution in [3.8, 4) is 0 Å². The summed E-state index contributed by atoms with van der Waals surface area (Å²) in [7, 11) is 1.55. The SMILES string of the molecule is CN(CC(=O)Nc1ccc(F)cc1)C(=O)c1ccccc1Br. The Morgan fingerprint density at radius 2 is 1.77 bits per heavy atom. The highest BCUT2D eigenvalue weighted by molar-refractivity contribution is 9.10. The average molecular weight is 365 g/mol. The molecule has 0 radical (unpaired) electrons. The zero-order valence-corrected chi connectivity index (χ0v) is 13.4. The zero-order valence-electron chi connectivity index (χ0n) is 11.8. The van der Waals surface area contributed by atoms with Gasteiger partial charge in [-0.2, -0.15) is 0 Å². The molecule has 4 nitrogen and oxygen atoms in total. The van der Waals surface area contributed by atoms with E-state index in [1.807, 2.05) is 6.07 Å². The Labute approximate surface area is 136 Å². The highest BCUT2D eigenvalue weighted by Gasteiger charge is 2.17. The first-order valence-electron chi connectivity index (χ1n) is 6.53. The average Bonchev–Trinajstić information content (AvgIpc) is 2.49. The van der Waals surface area contributed by atoms with Gasteiger partial charge in [-0.15, -0.1) is 0 Å². The smallest absolute Gasteiger partial charge is 0.255 e. The lowest BCUT2D eigenvalue weighted by Gasteiger charge is -2.17. The molecule has 0 aliphatic heterocycles. The second-order valence-electron chi connectivity index (χ2n) is 4.70. The van der Waals surface area contributed by atoms with Gasteiger partial charge in [0.2, 0.25) is 5.91 Å². The molecule has 6 heteroatoms. The number of nitrogens with zero attached hydrogens (tertiary/aromatic N) is 1. The quantitative estimate of drug-likeness (QED) is 0.904. The summed E-state index contributed by atoms with van der Waals surface area (Å²) in [5.41, 5.74) is 0.965. The van der Waals surface area contributed by atoms with E-state index in [0.29, 0.717) is 15.7 Å². The van der Waals surface area contributed by atoms with Crippen LogP contribution in [0.15, 0.2) is 53.0 Å². The fourth-order valence-electron chi connectivity index (χ4n) is 1.86. The van der Waals surface area contributed by atoms with Gasteiger partial charge in [0.1, 0.15) is 5.82 Å². The zero-order chi connectivity index (χ0) is 16.1. The van der Waals surface area contributed by atoms with Crippen LogP contribution in [0.2, 0.25) is 0 Å². The standard InChI is InChI=1S/C16H14BrFN2O2/c1-20(16(22)13-4-2-3-5-14(13)17)10-15(21)19-12-8-6-11(18)7-9-12/h2-9H,10H2,1H3,(H,19,21). The lowest BCUT2D eigenvalue weighted by Crippen LogP contribution is -2.35. The minimum Gasteiger partial charge on any atom is -0.332 e. The van der Waals surface area contributed by atoms with E-state index >= 15 is 0 Å². The predicted octanol–water partition coefficient (Wildman–Crippen LogP) is 3.30. The summed E-state index contributed by atoms with van der Waals surface area (Å²) in [5, 5.41) is 2.61. The lowest BCUT2D eigenvalue weighted by atomic mass is 10.2. The van der Waals surface area contributed by atoms with Crippen molar-refractivity contribution in [3.63, 3.8) is 0 Å². The first-order chi connectivity index (χ1) is 10.5. The van der Waals surface area contributed by atoms with Crippen LogP contribution in [0.1, 0.15) is 10.4 Å². The Bertz CT molecular complexity index is 689. The number of benzene rings is 2. The van der Waals surface area contributed by atoms with Crippen LogP contribution in [0.5, 0.6) is 0 Å². The van der Waals surface area contributed by atoms with Crippen LogP contribution in [0.4, 0.5) is 10.1 Å². The molecule has 2 rings (SSSR count). The highest BCUT2D eigenvalue weighted by Crippen LogP contribution is 2.17. The van der Waals surface area contributed by atoms with E-state index < -0.39 is 0 Å². The van der Waals surface area contributed by atoms with E-state index in [9.17, 15) is 14.0 Å². The number of rotatable bonds is 4. The summed E-state index contributed by atoms with van der Waals surface area (Å²) >= 11 is 3.31. The van der Waals surface area contributed by atoms with Crippen LogP contribution in [0.25, 0.3) is 0 Å². The van der Waals surface area contributed by atoms with Crippen LogP contribution in [0, 0.1) is 5.82 Å². The van der Waals surface area contributed by atoms with Gasteiger partial charge in [0.25, 0.3) is 5.91 Å². The third-order valence-electron chi connectivity index (χ3n) is 2.96. The van der Waals surface area contributed by atoms with Crippen molar-refractivity contribution in [3.05, 3.63) is 64.4 Å². The largest absolute Gasteiger partial charge is 0.332 e. The molecule has 2 amide bonds. The van der Waals surface area contributed by atoms with Crippen molar-refractivity contribution in [2.45, 2.75) is 0 Å². The number of amides is 2. The number of carbonyl (C=O) groups excluding carboxylic acids is 2. The number of carbonyl (C=O) groups is 2. The summed E-state index contributed by atoms with van der Waals surface area (Å²) in [6, 6.07) is 12.4. The van der Waals surface area contributed by atoms with Crippen molar-refractivity contribution < 1.29 is 14.0 Å². The summed E-state index contributed by atoms with van der Waals surface area (Å²) in [4.78, 5) is 25.5. The van der Waals surface area contributed by atoms with Crippen LogP contribution in [-0.4, -0.2) is 30.3 Å². The molecule has 0 aromatic heterocycles. The number of hydrogen-bond donors (Lipinski definition) is 1. The fourth-order valence-corrected chi connectivity index (χ4v) is 2.32. The van der Waals surface area contributed by atoms with Crippen molar-refractivity contribution in [1.82, 2.24) is 4.90 Å². The molecule has 22 heavy (non-hydrogen) atoms. The topological polar surface area (TPSA) is 49.4 Å². The Balaban J connectivity index is 1.97. The number of nitrogens with one attached hydrogen (secondary N) is 1. The van der Waals surface area contributed by atoms with Crippen LogP contribution < -0.4 is 5.32 Å². The molecule has 0 fully saturated rings. The monoisotopic (exact) mass is 364 g/mol. The van der Waals surface area contributed by atoms with E-state index in [1.165, 1.54) is 29.2 Å². The summed E-state index contributed by atoms with van der Waals surface area (Å²) < 4.78 is 13.5. The van der Waals surface area contributed by atoms with Crippen LogP contribution >= 0.6 is 15.9 Å². The molecule has 0 aliphatic carbocycles. The lowest BCUT2D eigenvalue weighted by molar-refractivity contribution is -0.116. The molecule has 1 N–H and O–H groups in total. The highest BCUT2D eigenvalue weighted by atomic mass is 79.9. The minimum absolute atomic E-state index is 0.0997. The maximum atomic E-state index is 12.8. The van der Waals surface area contributed by atoms with Crippen molar-refractivity contribution in [2.75, 3.05) is 18.9 Å². The van der Waals surface area contributed by atoms with E-state index in [1.54, 1.807) is 25.2 Å². The van der Waals surface area contributed by atoms with Crippen molar-refractivity contribution in [1.29, 1.82) is 0 Å². The first-order valence-corrected chi connectivity index (χ1v) is 7.32. The Morgan fingerprint density at radius 1 is 1.14 bits per heavy atom.